The van der Waals surface area contributed by atoms with E-state index < -0.39 is 5.60 Å². The molecule has 4 heterocycles. The highest BCUT2D eigenvalue weighted by Crippen LogP contribution is 2.41. The van der Waals surface area contributed by atoms with Gasteiger partial charge in [0, 0.05) is 69.2 Å². The van der Waals surface area contributed by atoms with Gasteiger partial charge in [-0.3, -0.25) is 14.5 Å². The molecular formula is C27H34N6O4. The van der Waals surface area contributed by atoms with Crippen molar-refractivity contribution in [3.05, 3.63) is 47.7 Å². The third kappa shape index (κ3) is 5.53. The molecule has 0 radical (unpaired) electrons. The lowest BCUT2D eigenvalue weighted by Crippen LogP contribution is -2.53. The van der Waals surface area contributed by atoms with E-state index in [0.29, 0.717) is 60.9 Å². The molecule has 3 aliphatic rings. The number of piperidine rings is 2. The molecule has 0 unspecified atom stereocenters. The molecule has 196 valence electrons. The minimum absolute atomic E-state index is 0.0440. The van der Waals surface area contributed by atoms with E-state index in [1.54, 1.807) is 24.4 Å². The zero-order valence-corrected chi connectivity index (χ0v) is 21.2. The first kappa shape index (κ1) is 25.0. The molecule has 2 amide bonds. The van der Waals surface area contributed by atoms with Crippen molar-refractivity contribution in [1.29, 1.82) is 0 Å². The fraction of sp³-hybridized carbons (Fsp3) is 0.481. The summed E-state index contributed by atoms with van der Waals surface area (Å²) in [5.74, 6) is 1.27. The van der Waals surface area contributed by atoms with Crippen molar-refractivity contribution in [2.45, 2.75) is 51.2 Å². The Morgan fingerprint density at radius 3 is 2.62 bits per heavy atom. The van der Waals surface area contributed by atoms with Crippen LogP contribution < -0.4 is 15.8 Å². The van der Waals surface area contributed by atoms with Gasteiger partial charge >= 0.3 is 0 Å². The van der Waals surface area contributed by atoms with Crippen LogP contribution in [0.1, 0.15) is 50.2 Å². The number of nitrogens with one attached hydrogen (secondary N) is 1. The first-order valence-corrected chi connectivity index (χ1v) is 12.9. The Bertz CT molecular complexity index is 1200. The molecule has 0 bridgehead atoms. The van der Waals surface area contributed by atoms with Gasteiger partial charge in [-0.15, -0.1) is 0 Å². The number of pyridine rings is 1. The normalized spacial score (nSPS) is 20.9. The second-order valence-electron chi connectivity index (χ2n) is 10.4. The number of ether oxygens (including phenoxy) is 1. The lowest BCUT2D eigenvalue weighted by atomic mass is 9.81. The van der Waals surface area contributed by atoms with Crippen LogP contribution in [0.3, 0.4) is 0 Å². The van der Waals surface area contributed by atoms with Gasteiger partial charge in [0.15, 0.2) is 0 Å². The average Bonchev–Trinajstić information content (AvgIpc) is 2.89. The standard InChI is InChI=1S/C27H34N6O4/c1-18(34)30-21-2-3-24-22(15-21)23(31-36)16-27(37-24)7-12-33(13-8-27)26(35)20-5-10-32(11-6-20)17-19-4-9-29-25(28)14-19/h2-4,9,14-15,20,36H,5-8,10-13,16-17H2,1H3,(H2,28,29)(H,30,34)/b31-23+. The molecule has 4 N–H and O–H groups in total. The number of nitrogens with two attached hydrogens (primary N) is 1. The Morgan fingerprint density at radius 2 is 1.95 bits per heavy atom. The van der Waals surface area contributed by atoms with Crippen LogP contribution >= 0.6 is 0 Å². The molecule has 0 saturated carbocycles. The Kier molecular flexibility index (Phi) is 7.01. The molecule has 5 rings (SSSR count). The molecular weight excluding hydrogens is 472 g/mol. The lowest BCUT2D eigenvalue weighted by Gasteiger charge is -2.45. The van der Waals surface area contributed by atoms with Gasteiger partial charge in [-0.2, -0.15) is 0 Å². The summed E-state index contributed by atoms with van der Waals surface area (Å²) in [5, 5.41) is 16.0. The number of aromatic nitrogens is 1. The van der Waals surface area contributed by atoms with Crippen molar-refractivity contribution in [2.24, 2.45) is 11.1 Å². The number of rotatable bonds is 4. The number of hydrogen-bond acceptors (Lipinski definition) is 8. The van der Waals surface area contributed by atoms with Crippen molar-refractivity contribution >= 4 is 29.0 Å². The highest BCUT2D eigenvalue weighted by molar-refractivity contribution is 6.05. The summed E-state index contributed by atoms with van der Waals surface area (Å²) >= 11 is 0. The zero-order valence-electron chi connectivity index (χ0n) is 21.2. The van der Waals surface area contributed by atoms with E-state index in [0.717, 1.165) is 38.0 Å². The fourth-order valence-electron chi connectivity index (χ4n) is 5.75. The smallest absolute Gasteiger partial charge is 0.225 e. The van der Waals surface area contributed by atoms with Crippen molar-refractivity contribution in [3.63, 3.8) is 0 Å². The maximum absolute atomic E-state index is 13.3. The molecule has 2 saturated heterocycles. The van der Waals surface area contributed by atoms with Crippen molar-refractivity contribution in [2.75, 3.05) is 37.2 Å². The van der Waals surface area contributed by atoms with Crippen molar-refractivity contribution in [3.8, 4) is 5.75 Å². The molecule has 2 fully saturated rings. The third-order valence-electron chi connectivity index (χ3n) is 7.72. The number of nitrogen functional groups attached to an aromatic ring is 1. The summed E-state index contributed by atoms with van der Waals surface area (Å²) in [6.07, 6.45) is 5.24. The minimum atomic E-state index is -0.503. The molecule has 37 heavy (non-hydrogen) atoms. The topological polar surface area (TPSA) is 133 Å². The van der Waals surface area contributed by atoms with Crippen molar-refractivity contribution < 1.29 is 19.5 Å². The number of hydrogen-bond donors (Lipinski definition) is 3. The van der Waals surface area contributed by atoms with Gasteiger partial charge < -0.3 is 25.9 Å². The van der Waals surface area contributed by atoms with Gasteiger partial charge in [-0.1, -0.05) is 5.16 Å². The quantitative estimate of drug-likeness (QED) is 0.429. The number of nitrogens with zero attached hydrogens (tertiary/aromatic N) is 4. The Balaban J connectivity index is 1.16. The zero-order chi connectivity index (χ0) is 26.0. The number of amides is 2. The molecule has 1 aromatic heterocycles. The van der Waals surface area contributed by atoms with E-state index in [2.05, 4.69) is 20.4 Å². The number of carbonyl (C=O) groups excluding carboxylic acids is 2. The number of anilines is 2. The van der Waals surface area contributed by atoms with Gasteiger partial charge in [0.25, 0.3) is 0 Å². The molecule has 1 aromatic carbocycles. The van der Waals surface area contributed by atoms with Gasteiger partial charge in [0.1, 0.15) is 17.2 Å². The summed E-state index contributed by atoms with van der Waals surface area (Å²) < 4.78 is 6.44. The highest BCUT2D eigenvalue weighted by Gasteiger charge is 2.44. The number of oxime groups is 1. The second kappa shape index (κ2) is 10.4. The SMILES string of the molecule is CC(=O)Nc1ccc2c(c1)/C(=N/O)CC1(CCN(C(=O)C3CCN(Cc4ccnc(N)c4)CC3)CC1)O2. The fourth-order valence-corrected chi connectivity index (χ4v) is 5.75. The van der Waals surface area contributed by atoms with Crippen LogP contribution in [0.25, 0.3) is 0 Å². The first-order valence-electron chi connectivity index (χ1n) is 12.9. The van der Waals surface area contributed by atoms with Crippen LogP contribution in [0.4, 0.5) is 11.5 Å². The first-order chi connectivity index (χ1) is 17.8. The number of carbonyl (C=O) groups is 2. The Labute approximate surface area is 216 Å². The van der Waals surface area contributed by atoms with Crippen LogP contribution in [-0.2, 0) is 16.1 Å². The predicted octanol–water partition coefficient (Wildman–Crippen LogP) is 2.86. The summed E-state index contributed by atoms with van der Waals surface area (Å²) in [5.41, 5.74) is 8.29. The predicted molar refractivity (Wildman–Crippen MR) is 140 cm³/mol. The lowest BCUT2D eigenvalue weighted by molar-refractivity contribution is -0.140. The van der Waals surface area contributed by atoms with Crippen molar-refractivity contribution in [1.82, 2.24) is 14.8 Å². The van der Waals surface area contributed by atoms with E-state index in [9.17, 15) is 14.8 Å². The van der Waals surface area contributed by atoms with Crippen LogP contribution in [0.5, 0.6) is 5.75 Å². The van der Waals surface area contributed by atoms with E-state index in [4.69, 9.17) is 10.5 Å². The molecule has 2 aromatic rings. The van der Waals surface area contributed by atoms with E-state index in [1.165, 1.54) is 6.92 Å². The molecule has 10 nitrogen and oxygen atoms in total. The van der Waals surface area contributed by atoms with Gasteiger partial charge in [-0.05, 0) is 61.8 Å². The summed E-state index contributed by atoms with van der Waals surface area (Å²) in [6, 6.07) is 9.24. The van der Waals surface area contributed by atoms with Crippen LogP contribution in [0, 0.1) is 5.92 Å². The van der Waals surface area contributed by atoms with Crippen LogP contribution in [-0.4, -0.2) is 69.3 Å². The van der Waals surface area contributed by atoms with Gasteiger partial charge in [-0.25, -0.2) is 4.98 Å². The largest absolute Gasteiger partial charge is 0.486 e. The van der Waals surface area contributed by atoms with E-state index in [1.807, 2.05) is 17.0 Å². The highest BCUT2D eigenvalue weighted by atomic mass is 16.5. The second-order valence-corrected chi connectivity index (χ2v) is 10.4. The van der Waals surface area contributed by atoms with Crippen LogP contribution in [0.15, 0.2) is 41.7 Å². The Hall–Kier alpha value is -3.66. The summed E-state index contributed by atoms with van der Waals surface area (Å²) in [4.78, 5) is 33.1. The monoisotopic (exact) mass is 506 g/mol. The summed E-state index contributed by atoms with van der Waals surface area (Å²) in [7, 11) is 0. The van der Waals surface area contributed by atoms with E-state index >= 15 is 0 Å². The molecule has 3 aliphatic heterocycles. The molecule has 0 aliphatic carbocycles. The summed E-state index contributed by atoms with van der Waals surface area (Å²) in [6.45, 7) is 5.27. The Morgan fingerprint density at radius 1 is 1.19 bits per heavy atom. The maximum Gasteiger partial charge on any atom is 0.225 e. The van der Waals surface area contributed by atoms with Gasteiger partial charge in [0.05, 0.1) is 5.71 Å². The molecule has 10 heteroatoms. The minimum Gasteiger partial charge on any atom is -0.486 e. The average molecular weight is 507 g/mol. The molecule has 1 spiro atoms. The van der Waals surface area contributed by atoms with Gasteiger partial charge in [0.2, 0.25) is 11.8 Å². The molecule has 0 atom stereocenters. The van der Waals surface area contributed by atoms with Crippen LogP contribution in [0.2, 0.25) is 0 Å². The maximum atomic E-state index is 13.3. The third-order valence-corrected chi connectivity index (χ3v) is 7.72. The number of likely N-dealkylation sites (tertiary alicyclic amines) is 2. The number of fused-ring (bicyclic) bond motifs is 1. The van der Waals surface area contributed by atoms with E-state index in [-0.39, 0.29) is 17.7 Å². The number of benzene rings is 1.